The van der Waals surface area contributed by atoms with Crippen molar-refractivity contribution >= 4 is 27.7 Å². The first kappa shape index (κ1) is 20.7. The molecule has 1 aromatic heterocycles. The third-order valence-corrected chi connectivity index (χ3v) is 4.67. The Morgan fingerprint density at radius 3 is 2.55 bits per heavy atom. The van der Waals surface area contributed by atoms with Crippen molar-refractivity contribution in [1.29, 1.82) is 0 Å². The van der Waals surface area contributed by atoms with Gasteiger partial charge in [0.15, 0.2) is 0 Å². The molecule has 1 amide bonds. The van der Waals surface area contributed by atoms with Crippen LogP contribution in [0.3, 0.4) is 0 Å². The lowest BCUT2D eigenvalue weighted by molar-refractivity contribution is 0.1000. The predicted molar refractivity (Wildman–Crippen MR) is 109 cm³/mol. The standard InChI is InChI=1S/C20H17BrF2N4O2/c1-29-18-6-11(20(24)28)2-3-14(18)17-9-19(27-10-26-17)25-5-4-13-15(22)7-12(21)8-16(13)23/h2-3,6-10H,4-5H2,1H3,(H2,24,28)(H,25,26,27). The number of nitrogens with zero attached hydrogens (tertiary/aromatic N) is 2. The van der Waals surface area contributed by atoms with Gasteiger partial charge in [-0.2, -0.15) is 0 Å². The van der Waals surface area contributed by atoms with Crippen LogP contribution in [0.1, 0.15) is 15.9 Å². The van der Waals surface area contributed by atoms with Crippen molar-refractivity contribution < 1.29 is 18.3 Å². The van der Waals surface area contributed by atoms with E-state index < -0.39 is 17.5 Å². The number of hydrogen-bond acceptors (Lipinski definition) is 5. The monoisotopic (exact) mass is 462 g/mol. The molecule has 0 aliphatic rings. The summed E-state index contributed by atoms with van der Waals surface area (Å²) in [6.45, 7) is 0.268. The Morgan fingerprint density at radius 1 is 1.17 bits per heavy atom. The molecule has 0 saturated carbocycles. The number of carbonyl (C=O) groups is 1. The van der Waals surface area contributed by atoms with Crippen LogP contribution in [-0.4, -0.2) is 29.5 Å². The topological polar surface area (TPSA) is 90.1 Å². The molecule has 3 rings (SSSR count). The number of anilines is 1. The fourth-order valence-corrected chi connectivity index (χ4v) is 3.19. The van der Waals surface area contributed by atoms with Crippen LogP contribution in [0, 0.1) is 11.6 Å². The molecule has 0 unspecified atom stereocenters. The summed E-state index contributed by atoms with van der Waals surface area (Å²) in [6.07, 6.45) is 1.50. The first-order valence-corrected chi connectivity index (χ1v) is 9.36. The van der Waals surface area contributed by atoms with Gasteiger partial charge in [0.1, 0.15) is 29.5 Å². The average Bonchev–Trinajstić information content (AvgIpc) is 2.69. The van der Waals surface area contributed by atoms with Crippen LogP contribution in [0.15, 0.2) is 47.2 Å². The summed E-state index contributed by atoms with van der Waals surface area (Å²) < 4.78 is 33.5. The zero-order valence-corrected chi connectivity index (χ0v) is 17.0. The largest absolute Gasteiger partial charge is 0.496 e. The third-order valence-electron chi connectivity index (χ3n) is 4.22. The zero-order valence-electron chi connectivity index (χ0n) is 15.4. The van der Waals surface area contributed by atoms with E-state index in [-0.39, 0.29) is 18.5 Å². The minimum atomic E-state index is -0.610. The third kappa shape index (κ3) is 4.86. The summed E-state index contributed by atoms with van der Waals surface area (Å²) in [5.74, 6) is -0.867. The Morgan fingerprint density at radius 2 is 1.90 bits per heavy atom. The van der Waals surface area contributed by atoms with Gasteiger partial charge >= 0.3 is 0 Å². The van der Waals surface area contributed by atoms with Crippen molar-refractivity contribution in [2.75, 3.05) is 19.0 Å². The molecule has 0 saturated heterocycles. The summed E-state index contributed by atoms with van der Waals surface area (Å²) in [5, 5.41) is 3.03. The molecule has 3 aromatic rings. The molecule has 0 atom stereocenters. The van der Waals surface area contributed by atoms with Gasteiger partial charge < -0.3 is 15.8 Å². The fourth-order valence-electron chi connectivity index (χ4n) is 2.78. The van der Waals surface area contributed by atoms with Gasteiger partial charge in [-0.1, -0.05) is 15.9 Å². The molecule has 2 aromatic carbocycles. The van der Waals surface area contributed by atoms with Crippen molar-refractivity contribution in [3.05, 3.63) is 70.0 Å². The summed E-state index contributed by atoms with van der Waals surface area (Å²) in [6, 6.07) is 8.92. The summed E-state index contributed by atoms with van der Waals surface area (Å²) in [7, 11) is 1.48. The van der Waals surface area contributed by atoms with E-state index in [1.165, 1.54) is 31.6 Å². The number of nitrogens with two attached hydrogens (primary N) is 1. The highest BCUT2D eigenvalue weighted by atomic mass is 79.9. The Balaban J connectivity index is 1.76. The maximum atomic E-state index is 13.9. The molecular formula is C20H17BrF2N4O2. The second kappa shape index (κ2) is 8.95. The molecule has 9 heteroatoms. The van der Waals surface area contributed by atoms with Crippen LogP contribution < -0.4 is 15.8 Å². The van der Waals surface area contributed by atoms with Gasteiger partial charge in [0.05, 0.1) is 12.8 Å². The molecule has 0 fully saturated rings. The maximum absolute atomic E-state index is 13.9. The number of amides is 1. The molecule has 0 radical (unpaired) electrons. The number of rotatable bonds is 7. The summed E-state index contributed by atoms with van der Waals surface area (Å²) in [5.41, 5.74) is 6.81. The Bertz CT molecular complexity index is 1040. The number of methoxy groups -OCH3 is 1. The average molecular weight is 463 g/mol. The quantitative estimate of drug-likeness (QED) is 0.554. The predicted octanol–water partition coefficient (Wildman–Crippen LogP) is 3.95. The van der Waals surface area contributed by atoms with Crippen LogP contribution in [0.2, 0.25) is 0 Å². The number of halogens is 3. The molecule has 1 heterocycles. The summed E-state index contributed by atoms with van der Waals surface area (Å²) >= 11 is 3.06. The van der Waals surface area contributed by atoms with Crippen LogP contribution in [-0.2, 0) is 6.42 Å². The minimum absolute atomic E-state index is 0.00121. The second-order valence-electron chi connectivity index (χ2n) is 6.09. The van der Waals surface area contributed by atoms with Crippen LogP contribution in [0.4, 0.5) is 14.6 Å². The van der Waals surface area contributed by atoms with Crippen molar-refractivity contribution in [2.24, 2.45) is 5.73 Å². The van der Waals surface area contributed by atoms with Crippen molar-refractivity contribution in [3.8, 4) is 17.0 Å². The second-order valence-corrected chi connectivity index (χ2v) is 7.01. The molecule has 0 spiro atoms. The van der Waals surface area contributed by atoms with E-state index >= 15 is 0 Å². The smallest absolute Gasteiger partial charge is 0.248 e. The van der Waals surface area contributed by atoms with E-state index in [1.54, 1.807) is 18.2 Å². The van der Waals surface area contributed by atoms with Gasteiger partial charge in [-0.15, -0.1) is 0 Å². The van der Waals surface area contributed by atoms with E-state index in [0.29, 0.717) is 32.9 Å². The number of primary amides is 1. The van der Waals surface area contributed by atoms with Gasteiger partial charge in [0.25, 0.3) is 0 Å². The first-order valence-electron chi connectivity index (χ1n) is 8.56. The van der Waals surface area contributed by atoms with E-state index in [0.717, 1.165) is 0 Å². The lowest BCUT2D eigenvalue weighted by Gasteiger charge is -2.11. The number of carbonyl (C=O) groups excluding carboxylic acids is 1. The van der Waals surface area contributed by atoms with E-state index in [1.807, 2.05) is 0 Å². The minimum Gasteiger partial charge on any atom is -0.496 e. The number of nitrogens with one attached hydrogen (secondary N) is 1. The lowest BCUT2D eigenvalue weighted by Crippen LogP contribution is -2.11. The van der Waals surface area contributed by atoms with Crippen molar-refractivity contribution in [2.45, 2.75) is 6.42 Å². The molecule has 0 aliphatic carbocycles. The van der Waals surface area contributed by atoms with Gasteiger partial charge in [-0.25, -0.2) is 18.7 Å². The van der Waals surface area contributed by atoms with Gasteiger partial charge in [0.2, 0.25) is 5.91 Å². The molecule has 29 heavy (non-hydrogen) atoms. The lowest BCUT2D eigenvalue weighted by atomic mass is 10.1. The number of hydrogen-bond donors (Lipinski definition) is 2. The maximum Gasteiger partial charge on any atom is 0.248 e. The van der Waals surface area contributed by atoms with Crippen LogP contribution in [0.5, 0.6) is 5.75 Å². The Labute approximate surface area is 174 Å². The molecule has 6 nitrogen and oxygen atoms in total. The molecule has 0 bridgehead atoms. The van der Waals surface area contributed by atoms with Gasteiger partial charge in [0, 0.05) is 33.8 Å². The fraction of sp³-hybridized carbons (Fsp3) is 0.150. The number of ether oxygens (including phenoxy) is 1. The van der Waals surface area contributed by atoms with Gasteiger partial charge in [-0.3, -0.25) is 4.79 Å². The molecular weight excluding hydrogens is 446 g/mol. The zero-order chi connectivity index (χ0) is 21.0. The highest BCUT2D eigenvalue weighted by Gasteiger charge is 2.13. The van der Waals surface area contributed by atoms with Crippen molar-refractivity contribution in [3.63, 3.8) is 0 Å². The van der Waals surface area contributed by atoms with Crippen LogP contribution in [0.25, 0.3) is 11.3 Å². The Hall–Kier alpha value is -3.07. The normalized spacial score (nSPS) is 10.6. The molecule has 150 valence electrons. The summed E-state index contributed by atoms with van der Waals surface area (Å²) in [4.78, 5) is 19.7. The van der Waals surface area contributed by atoms with E-state index in [2.05, 4.69) is 31.2 Å². The Kier molecular flexibility index (Phi) is 6.38. The van der Waals surface area contributed by atoms with Crippen molar-refractivity contribution in [1.82, 2.24) is 9.97 Å². The first-order chi connectivity index (χ1) is 13.9. The highest BCUT2D eigenvalue weighted by molar-refractivity contribution is 9.10. The van der Waals surface area contributed by atoms with Crippen LogP contribution >= 0.6 is 15.9 Å². The van der Waals surface area contributed by atoms with E-state index in [9.17, 15) is 13.6 Å². The highest BCUT2D eigenvalue weighted by Crippen LogP contribution is 2.30. The number of aromatic nitrogens is 2. The molecule has 0 aliphatic heterocycles. The van der Waals surface area contributed by atoms with E-state index in [4.69, 9.17) is 10.5 Å². The number of benzene rings is 2. The van der Waals surface area contributed by atoms with Gasteiger partial charge in [-0.05, 0) is 36.8 Å². The molecule has 3 N–H and O–H groups in total. The SMILES string of the molecule is COc1cc(C(N)=O)ccc1-c1cc(NCCc2c(F)cc(Br)cc2F)ncn1.